The van der Waals surface area contributed by atoms with Crippen molar-refractivity contribution in [2.75, 3.05) is 46.9 Å². The standard InChI is InChI=1S/C21H31N3O3/c1-22(2)15-17-4-3-5-18(14-17)20(27)23-10-8-21(9-11-23)7-6-19(26)24(16-21)12-13-25/h3-5,14,25H,6-13,15-16H2,1-2H3. The fourth-order valence-electron chi connectivity index (χ4n) is 4.37. The summed E-state index contributed by atoms with van der Waals surface area (Å²) in [6.07, 6.45) is 3.30. The van der Waals surface area contributed by atoms with E-state index in [2.05, 4.69) is 11.0 Å². The van der Waals surface area contributed by atoms with Crippen LogP contribution < -0.4 is 0 Å². The number of carbonyl (C=O) groups is 2. The molecular formula is C21H31N3O3. The maximum absolute atomic E-state index is 12.9. The Morgan fingerprint density at radius 1 is 1.22 bits per heavy atom. The van der Waals surface area contributed by atoms with Gasteiger partial charge in [-0.2, -0.15) is 0 Å². The minimum absolute atomic E-state index is 0.00964. The minimum atomic E-state index is 0.00964. The van der Waals surface area contributed by atoms with Crippen LogP contribution in [0.1, 0.15) is 41.6 Å². The van der Waals surface area contributed by atoms with Crippen LogP contribution in [0, 0.1) is 5.41 Å². The average Bonchev–Trinajstić information content (AvgIpc) is 2.65. The van der Waals surface area contributed by atoms with Gasteiger partial charge in [-0.05, 0) is 56.5 Å². The maximum Gasteiger partial charge on any atom is 0.253 e. The zero-order chi connectivity index (χ0) is 19.4. The Bertz CT molecular complexity index is 681. The third-order valence-electron chi connectivity index (χ3n) is 5.90. The van der Waals surface area contributed by atoms with Crippen molar-refractivity contribution in [2.24, 2.45) is 5.41 Å². The van der Waals surface area contributed by atoms with Crippen molar-refractivity contribution in [3.8, 4) is 0 Å². The van der Waals surface area contributed by atoms with Crippen LogP contribution in [0.4, 0.5) is 0 Å². The number of nitrogens with zero attached hydrogens (tertiary/aromatic N) is 3. The number of β-amino-alcohol motifs (C(OH)–C–C–N with tert-alkyl or cyclic N) is 1. The van der Waals surface area contributed by atoms with Gasteiger partial charge in [-0.3, -0.25) is 9.59 Å². The van der Waals surface area contributed by atoms with E-state index in [1.165, 1.54) is 0 Å². The Kier molecular flexibility index (Phi) is 6.17. The zero-order valence-corrected chi connectivity index (χ0v) is 16.5. The van der Waals surface area contributed by atoms with Gasteiger partial charge in [0, 0.05) is 44.7 Å². The fraction of sp³-hybridized carbons (Fsp3) is 0.619. The first-order chi connectivity index (χ1) is 12.9. The topological polar surface area (TPSA) is 64.1 Å². The first-order valence-electron chi connectivity index (χ1n) is 9.84. The Balaban J connectivity index is 1.62. The molecule has 3 rings (SSSR count). The summed E-state index contributed by atoms with van der Waals surface area (Å²) in [5, 5.41) is 9.19. The largest absolute Gasteiger partial charge is 0.395 e. The number of amides is 2. The van der Waals surface area contributed by atoms with E-state index in [9.17, 15) is 14.7 Å². The van der Waals surface area contributed by atoms with Crippen molar-refractivity contribution in [2.45, 2.75) is 32.2 Å². The predicted molar refractivity (Wildman–Crippen MR) is 104 cm³/mol. The summed E-state index contributed by atoms with van der Waals surface area (Å²) in [5.41, 5.74) is 2.00. The molecule has 1 aromatic carbocycles. The van der Waals surface area contributed by atoms with Gasteiger partial charge in [-0.1, -0.05) is 12.1 Å². The van der Waals surface area contributed by atoms with Crippen LogP contribution in [0.3, 0.4) is 0 Å². The molecule has 2 heterocycles. The number of rotatable bonds is 5. The SMILES string of the molecule is CN(C)Cc1cccc(C(=O)N2CCC3(CCC(=O)N(CCO)C3)CC2)c1. The van der Waals surface area contributed by atoms with E-state index in [0.717, 1.165) is 50.0 Å². The highest BCUT2D eigenvalue weighted by Gasteiger charge is 2.41. The van der Waals surface area contributed by atoms with E-state index in [4.69, 9.17) is 0 Å². The molecule has 2 fully saturated rings. The lowest BCUT2D eigenvalue weighted by Crippen LogP contribution is -2.52. The summed E-state index contributed by atoms with van der Waals surface area (Å²) in [4.78, 5) is 30.8. The van der Waals surface area contributed by atoms with Crippen molar-refractivity contribution >= 4 is 11.8 Å². The molecule has 0 aliphatic carbocycles. The molecule has 0 unspecified atom stereocenters. The highest BCUT2D eigenvalue weighted by molar-refractivity contribution is 5.94. The molecule has 0 atom stereocenters. The second-order valence-electron chi connectivity index (χ2n) is 8.27. The van der Waals surface area contributed by atoms with Crippen molar-refractivity contribution < 1.29 is 14.7 Å². The zero-order valence-electron chi connectivity index (χ0n) is 16.5. The minimum Gasteiger partial charge on any atom is -0.395 e. The van der Waals surface area contributed by atoms with Crippen LogP contribution in [0.25, 0.3) is 0 Å². The molecule has 2 saturated heterocycles. The van der Waals surface area contributed by atoms with Crippen LogP contribution >= 0.6 is 0 Å². The molecule has 0 saturated carbocycles. The number of piperidine rings is 2. The van der Waals surface area contributed by atoms with E-state index in [1.807, 2.05) is 37.2 Å². The molecule has 6 nitrogen and oxygen atoms in total. The van der Waals surface area contributed by atoms with Gasteiger partial charge in [0.15, 0.2) is 0 Å². The summed E-state index contributed by atoms with van der Waals surface area (Å²) in [6, 6.07) is 7.90. The summed E-state index contributed by atoms with van der Waals surface area (Å²) >= 11 is 0. The van der Waals surface area contributed by atoms with E-state index in [1.54, 1.807) is 4.90 Å². The number of likely N-dealkylation sites (tertiary alicyclic amines) is 2. The molecule has 0 bridgehead atoms. The van der Waals surface area contributed by atoms with E-state index in [0.29, 0.717) is 19.5 Å². The normalized spacial score (nSPS) is 19.8. The highest BCUT2D eigenvalue weighted by atomic mass is 16.3. The smallest absolute Gasteiger partial charge is 0.253 e. The Labute approximate surface area is 161 Å². The first kappa shape index (κ1) is 19.8. The van der Waals surface area contributed by atoms with Crippen LogP contribution in [0.2, 0.25) is 0 Å². The molecular weight excluding hydrogens is 342 g/mol. The molecule has 1 spiro atoms. The van der Waals surface area contributed by atoms with E-state index >= 15 is 0 Å². The Morgan fingerprint density at radius 3 is 2.63 bits per heavy atom. The van der Waals surface area contributed by atoms with Crippen LogP contribution in [-0.2, 0) is 11.3 Å². The van der Waals surface area contributed by atoms with Crippen molar-refractivity contribution in [1.29, 1.82) is 0 Å². The number of aliphatic hydroxyl groups is 1. The summed E-state index contributed by atoms with van der Waals surface area (Å²) in [7, 11) is 4.04. The van der Waals surface area contributed by atoms with Crippen LogP contribution in [-0.4, -0.2) is 78.5 Å². The third kappa shape index (κ3) is 4.68. The maximum atomic E-state index is 12.9. The van der Waals surface area contributed by atoms with Crippen molar-refractivity contribution in [3.63, 3.8) is 0 Å². The molecule has 2 aliphatic heterocycles. The number of aliphatic hydroxyl groups excluding tert-OH is 1. The van der Waals surface area contributed by atoms with Gasteiger partial charge in [0.25, 0.3) is 5.91 Å². The fourth-order valence-corrected chi connectivity index (χ4v) is 4.37. The van der Waals surface area contributed by atoms with Gasteiger partial charge in [0.1, 0.15) is 0 Å². The van der Waals surface area contributed by atoms with E-state index in [-0.39, 0.29) is 23.8 Å². The quantitative estimate of drug-likeness (QED) is 0.851. The van der Waals surface area contributed by atoms with Gasteiger partial charge in [0.05, 0.1) is 6.61 Å². The molecule has 0 radical (unpaired) electrons. The van der Waals surface area contributed by atoms with Crippen LogP contribution in [0.15, 0.2) is 24.3 Å². The van der Waals surface area contributed by atoms with Gasteiger partial charge in [-0.15, -0.1) is 0 Å². The van der Waals surface area contributed by atoms with Crippen molar-refractivity contribution in [3.05, 3.63) is 35.4 Å². The summed E-state index contributed by atoms with van der Waals surface area (Å²) in [5.74, 6) is 0.246. The highest BCUT2D eigenvalue weighted by Crippen LogP contribution is 2.40. The molecule has 2 amide bonds. The molecule has 1 aromatic rings. The lowest BCUT2D eigenvalue weighted by molar-refractivity contribution is -0.139. The molecule has 148 valence electrons. The molecule has 0 aromatic heterocycles. The lowest BCUT2D eigenvalue weighted by Gasteiger charge is -2.47. The van der Waals surface area contributed by atoms with Gasteiger partial charge in [-0.25, -0.2) is 0 Å². The van der Waals surface area contributed by atoms with Crippen molar-refractivity contribution in [1.82, 2.24) is 14.7 Å². The Morgan fingerprint density at radius 2 is 1.96 bits per heavy atom. The monoisotopic (exact) mass is 373 g/mol. The Hall–Kier alpha value is -1.92. The second kappa shape index (κ2) is 8.40. The summed E-state index contributed by atoms with van der Waals surface area (Å²) in [6.45, 7) is 3.43. The van der Waals surface area contributed by atoms with Gasteiger partial charge in [0.2, 0.25) is 5.91 Å². The van der Waals surface area contributed by atoms with E-state index < -0.39 is 0 Å². The molecule has 1 N–H and O–H groups in total. The molecule has 27 heavy (non-hydrogen) atoms. The first-order valence-corrected chi connectivity index (χ1v) is 9.84. The summed E-state index contributed by atoms with van der Waals surface area (Å²) < 4.78 is 0. The second-order valence-corrected chi connectivity index (χ2v) is 8.27. The average molecular weight is 373 g/mol. The van der Waals surface area contributed by atoms with Crippen LogP contribution in [0.5, 0.6) is 0 Å². The number of carbonyl (C=O) groups excluding carboxylic acids is 2. The number of hydrogen-bond acceptors (Lipinski definition) is 4. The lowest BCUT2D eigenvalue weighted by atomic mass is 9.72. The predicted octanol–water partition coefficient (Wildman–Crippen LogP) is 1.59. The molecule has 6 heteroatoms. The third-order valence-corrected chi connectivity index (χ3v) is 5.90. The van der Waals surface area contributed by atoms with Gasteiger partial charge >= 0.3 is 0 Å². The molecule has 2 aliphatic rings. The number of benzene rings is 1. The van der Waals surface area contributed by atoms with Gasteiger partial charge < -0.3 is 19.8 Å². The number of hydrogen-bond donors (Lipinski definition) is 1.